The van der Waals surface area contributed by atoms with Gasteiger partial charge in [-0.05, 0) is 17.6 Å². The summed E-state index contributed by atoms with van der Waals surface area (Å²) in [6, 6.07) is 9.42. The minimum atomic E-state index is -0.459. The highest BCUT2D eigenvalue weighted by atomic mass is 16.6. The smallest absolute Gasteiger partial charge is 0.343 e. The minimum Gasteiger partial charge on any atom is -0.504 e. The largest absolute Gasteiger partial charge is 0.504 e. The first kappa shape index (κ1) is 11.5. The Morgan fingerprint density at radius 1 is 1.24 bits per heavy atom. The lowest BCUT2D eigenvalue weighted by molar-refractivity contribution is -0.133. The molecule has 0 bridgehead atoms. The molecule has 3 nitrogen and oxygen atoms in total. The summed E-state index contributed by atoms with van der Waals surface area (Å²) in [7, 11) is 0. The van der Waals surface area contributed by atoms with Crippen molar-refractivity contribution in [1.82, 2.24) is 0 Å². The van der Waals surface area contributed by atoms with Gasteiger partial charge in [-0.1, -0.05) is 44.2 Å². The highest BCUT2D eigenvalue weighted by Gasteiger charge is 2.31. The van der Waals surface area contributed by atoms with Crippen LogP contribution in [0.25, 0.3) is 6.08 Å². The van der Waals surface area contributed by atoms with E-state index in [0.717, 1.165) is 5.56 Å². The van der Waals surface area contributed by atoms with Crippen molar-refractivity contribution >= 4 is 12.0 Å². The highest BCUT2D eigenvalue weighted by molar-refractivity contribution is 5.95. The molecule has 2 rings (SSSR count). The van der Waals surface area contributed by atoms with E-state index in [1.165, 1.54) is 0 Å². The van der Waals surface area contributed by atoms with Gasteiger partial charge >= 0.3 is 5.97 Å². The second-order valence-corrected chi connectivity index (χ2v) is 4.23. The number of aliphatic hydroxyl groups is 1. The molecule has 0 aromatic heterocycles. The Kier molecular flexibility index (Phi) is 3.00. The van der Waals surface area contributed by atoms with Gasteiger partial charge in [-0.2, -0.15) is 0 Å². The van der Waals surface area contributed by atoms with Crippen LogP contribution >= 0.6 is 0 Å². The first-order valence-corrected chi connectivity index (χ1v) is 5.52. The minimum absolute atomic E-state index is 0.0474. The number of carbonyl (C=O) groups is 1. The van der Waals surface area contributed by atoms with E-state index < -0.39 is 5.97 Å². The number of rotatable bonds is 2. The third-order valence-corrected chi connectivity index (χ3v) is 2.59. The van der Waals surface area contributed by atoms with Crippen LogP contribution in [0.2, 0.25) is 0 Å². The molecule has 1 aliphatic heterocycles. The molecular formula is C14H14O3. The predicted molar refractivity (Wildman–Crippen MR) is 65.0 cm³/mol. The molecule has 1 heterocycles. The Labute approximate surface area is 100 Å². The van der Waals surface area contributed by atoms with Gasteiger partial charge in [-0.15, -0.1) is 0 Å². The van der Waals surface area contributed by atoms with Crippen LogP contribution < -0.4 is 0 Å². The standard InChI is InChI=1S/C14H14O3/c1-9(2)12-13(15)11(17-14(12)16)8-10-6-4-3-5-7-10/h3-9,15H,1-2H3/b11-8-. The van der Waals surface area contributed by atoms with Crippen LogP contribution in [0.4, 0.5) is 0 Å². The second kappa shape index (κ2) is 4.45. The molecule has 0 saturated heterocycles. The van der Waals surface area contributed by atoms with E-state index in [-0.39, 0.29) is 17.4 Å². The van der Waals surface area contributed by atoms with Crippen molar-refractivity contribution < 1.29 is 14.6 Å². The fraction of sp³-hybridized carbons (Fsp3) is 0.214. The summed E-state index contributed by atoms with van der Waals surface area (Å²) < 4.78 is 5.05. The maximum absolute atomic E-state index is 11.5. The topological polar surface area (TPSA) is 46.5 Å². The molecule has 3 heteroatoms. The van der Waals surface area contributed by atoms with Crippen LogP contribution in [0.15, 0.2) is 47.4 Å². The number of carbonyl (C=O) groups excluding carboxylic acids is 1. The van der Waals surface area contributed by atoms with Gasteiger partial charge in [0.15, 0.2) is 11.5 Å². The van der Waals surface area contributed by atoms with Gasteiger partial charge in [-0.3, -0.25) is 0 Å². The Bertz CT molecular complexity index is 495. The van der Waals surface area contributed by atoms with E-state index in [1.54, 1.807) is 6.08 Å². The SMILES string of the molecule is CC(C)C1=C(O)/C(=C/c2ccccc2)OC1=O. The maximum Gasteiger partial charge on any atom is 0.343 e. The number of aliphatic hydroxyl groups excluding tert-OH is 1. The number of benzene rings is 1. The zero-order valence-electron chi connectivity index (χ0n) is 9.81. The number of hydrogen-bond donors (Lipinski definition) is 1. The maximum atomic E-state index is 11.5. The van der Waals surface area contributed by atoms with E-state index in [0.29, 0.717) is 5.57 Å². The molecule has 1 aliphatic rings. The Morgan fingerprint density at radius 2 is 1.88 bits per heavy atom. The second-order valence-electron chi connectivity index (χ2n) is 4.23. The summed E-state index contributed by atoms with van der Waals surface area (Å²) in [6.07, 6.45) is 1.66. The Balaban J connectivity index is 2.38. The Morgan fingerprint density at radius 3 is 2.41 bits per heavy atom. The molecule has 0 radical (unpaired) electrons. The van der Waals surface area contributed by atoms with Gasteiger partial charge in [0.05, 0.1) is 5.57 Å². The molecule has 1 aromatic carbocycles. The molecule has 0 amide bonds. The average molecular weight is 230 g/mol. The highest BCUT2D eigenvalue weighted by Crippen LogP contribution is 2.30. The first-order chi connectivity index (χ1) is 8.09. The van der Waals surface area contributed by atoms with E-state index in [1.807, 2.05) is 44.2 Å². The van der Waals surface area contributed by atoms with E-state index >= 15 is 0 Å². The molecule has 1 aromatic rings. The lowest BCUT2D eigenvalue weighted by Gasteiger charge is -2.00. The lowest BCUT2D eigenvalue weighted by atomic mass is 10.0. The molecular weight excluding hydrogens is 216 g/mol. The molecule has 0 spiro atoms. The molecule has 0 aliphatic carbocycles. The third kappa shape index (κ3) is 2.23. The fourth-order valence-electron chi connectivity index (χ4n) is 1.74. The molecule has 17 heavy (non-hydrogen) atoms. The van der Waals surface area contributed by atoms with E-state index in [2.05, 4.69) is 0 Å². The van der Waals surface area contributed by atoms with Gasteiger partial charge in [0.25, 0.3) is 0 Å². The van der Waals surface area contributed by atoms with Crippen LogP contribution in [0.3, 0.4) is 0 Å². The summed E-state index contributed by atoms with van der Waals surface area (Å²) in [6.45, 7) is 3.69. The van der Waals surface area contributed by atoms with Crippen molar-refractivity contribution in [3.63, 3.8) is 0 Å². The quantitative estimate of drug-likeness (QED) is 0.794. The summed E-state index contributed by atoms with van der Waals surface area (Å²) in [5.74, 6) is -0.331. The normalized spacial score (nSPS) is 18.1. The molecule has 0 unspecified atom stereocenters. The van der Waals surface area contributed by atoms with Gasteiger partial charge in [0, 0.05) is 0 Å². The molecule has 88 valence electrons. The van der Waals surface area contributed by atoms with Crippen LogP contribution in [0.1, 0.15) is 19.4 Å². The fourth-order valence-corrected chi connectivity index (χ4v) is 1.74. The molecule has 0 atom stereocenters. The van der Waals surface area contributed by atoms with Crippen molar-refractivity contribution in [2.24, 2.45) is 5.92 Å². The van der Waals surface area contributed by atoms with Crippen LogP contribution in [-0.4, -0.2) is 11.1 Å². The van der Waals surface area contributed by atoms with Crippen LogP contribution in [-0.2, 0) is 9.53 Å². The third-order valence-electron chi connectivity index (χ3n) is 2.59. The average Bonchev–Trinajstić information content (AvgIpc) is 2.55. The van der Waals surface area contributed by atoms with Gasteiger partial charge in [0.2, 0.25) is 0 Å². The van der Waals surface area contributed by atoms with E-state index in [9.17, 15) is 9.90 Å². The van der Waals surface area contributed by atoms with Gasteiger partial charge in [-0.25, -0.2) is 4.79 Å². The summed E-state index contributed by atoms with van der Waals surface area (Å²) >= 11 is 0. The molecule has 0 fully saturated rings. The number of esters is 1. The van der Waals surface area contributed by atoms with Crippen molar-refractivity contribution in [2.45, 2.75) is 13.8 Å². The summed E-state index contributed by atoms with van der Waals surface area (Å²) in [5.41, 5.74) is 1.22. The lowest BCUT2D eigenvalue weighted by Crippen LogP contribution is -2.04. The summed E-state index contributed by atoms with van der Waals surface area (Å²) in [4.78, 5) is 11.5. The van der Waals surface area contributed by atoms with Crippen molar-refractivity contribution in [2.75, 3.05) is 0 Å². The predicted octanol–water partition coefficient (Wildman–Crippen LogP) is 3.05. The number of ether oxygens (including phenoxy) is 1. The monoisotopic (exact) mass is 230 g/mol. The van der Waals surface area contributed by atoms with Crippen LogP contribution in [0.5, 0.6) is 0 Å². The van der Waals surface area contributed by atoms with Crippen molar-refractivity contribution in [3.8, 4) is 0 Å². The summed E-state index contributed by atoms with van der Waals surface area (Å²) in [5, 5.41) is 9.92. The number of cyclic esters (lactones) is 1. The van der Waals surface area contributed by atoms with E-state index in [4.69, 9.17) is 4.74 Å². The van der Waals surface area contributed by atoms with Crippen molar-refractivity contribution in [3.05, 3.63) is 53.0 Å². The van der Waals surface area contributed by atoms with Gasteiger partial charge < -0.3 is 9.84 Å². The Hall–Kier alpha value is -2.03. The zero-order valence-corrected chi connectivity index (χ0v) is 9.81. The zero-order chi connectivity index (χ0) is 12.4. The number of hydrogen-bond acceptors (Lipinski definition) is 3. The first-order valence-electron chi connectivity index (χ1n) is 5.52. The molecule has 1 N–H and O–H groups in total. The van der Waals surface area contributed by atoms with Crippen LogP contribution in [0, 0.1) is 5.92 Å². The van der Waals surface area contributed by atoms with Gasteiger partial charge in [0.1, 0.15) is 0 Å². The molecule has 0 saturated carbocycles. The van der Waals surface area contributed by atoms with Crippen molar-refractivity contribution in [1.29, 1.82) is 0 Å².